The number of hydrogen-bond donors (Lipinski definition) is 3. The molecule has 1 aliphatic carbocycles. The van der Waals surface area contributed by atoms with E-state index in [4.69, 9.17) is 9.84 Å². The Hall–Kier alpha value is -2.31. The van der Waals surface area contributed by atoms with E-state index in [0.29, 0.717) is 18.5 Å². The third-order valence-corrected chi connectivity index (χ3v) is 3.59. The molecule has 0 aromatic heterocycles. The first kappa shape index (κ1) is 15.1. The Labute approximate surface area is 121 Å². The number of rotatable bonds is 5. The number of nitrogens with one attached hydrogen (secondary N) is 2. The van der Waals surface area contributed by atoms with Crippen LogP contribution < -0.4 is 15.4 Å². The molecule has 1 saturated carbocycles. The highest BCUT2D eigenvalue weighted by molar-refractivity contribution is 5.90. The summed E-state index contributed by atoms with van der Waals surface area (Å²) < 4.78 is 18.1. The van der Waals surface area contributed by atoms with Crippen LogP contribution in [0.25, 0.3) is 0 Å². The standard InChI is InChI=1S/C14H17FN2O4/c1-21-11-7-9(3-4-10(11)15)16-13(20)17-14(5-2-6-14)8-12(18)19/h3-4,7H,2,5-6,8H2,1H3,(H,18,19)(H2,16,17,20). The Bertz CT molecular complexity index is 558. The van der Waals surface area contributed by atoms with E-state index in [0.717, 1.165) is 6.42 Å². The Morgan fingerprint density at radius 1 is 1.43 bits per heavy atom. The average molecular weight is 296 g/mol. The molecule has 2 amide bonds. The molecular formula is C14H17FN2O4. The van der Waals surface area contributed by atoms with E-state index in [1.165, 1.54) is 25.3 Å². The van der Waals surface area contributed by atoms with Gasteiger partial charge in [-0.3, -0.25) is 4.79 Å². The van der Waals surface area contributed by atoms with Gasteiger partial charge in [-0.05, 0) is 31.4 Å². The van der Waals surface area contributed by atoms with E-state index >= 15 is 0 Å². The van der Waals surface area contributed by atoms with Crippen molar-refractivity contribution >= 4 is 17.7 Å². The van der Waals surface area contributed by atoms with E-state index in [-0.39, 0.29) is 12.2 Å². The van der Waals surface area contributed by atoms with Crippen molar-refractivity contribution in [3.8, 4) is 5.75 Å². The normalized spacial score (nSPS) is 15.7. The van der Waals surface area contributed by atoms with Gasteiger partial charge in [0.05, 0.1) is 19.1 Å². The molecule has 6 nitrogen and oxygen atoms in total. The molecule has 1 fully saturated rings. The fourth-order valence-corrected chi connectivity index (χ4v) is 2.38. The van der Waals surface area contributed by atoms with Crippen LogP contribution in [0.3, 0.4) is 0 Å². The largest absolute Gasteiger partial charge is 0.494 e. The van der Waals surface area contributed by atoms with Crippen LogP contribution in [0.15, 0.2) is 18.2 Å². The van der Waals surface area contributed by atoms with Gasteiger partial charge in [0.1, 0.15) is 0 Å². The molecule has 0 heterocycles. The summed E-state index contributed by atoms with van der Waals surface area (Å²) in [5.74, 6) is -1.44. The van der Waals surface area contributed by atoms with Gasteiger partial charge in [-0.15, -0.1) is 0 Å². The quantitative estimate of drug-likeness (QED) is 0.778. The Kier molecular flexibility index (Phi) is 4.30. The predicted octanol–water partition coefficient (Wildman–Crippen LogP) is 2.35. The lowest BCUT2D eigenvalue weighted by molar-refractivity contribution is -0.139. The number of hydrogen-bond acceptors (Lipinski definition) is 3. The maximum absolute atomic E-state index is 13.3. The molecule has 0 atom stereocenters. The van der Waals surface area contributed by atoms with Crippen molar-refractivity contribution in [3.63, 3.8) is 0 Å². The Morgan fingerprint density at radius 2 is 2.14 bits per heavy atom. The van der Waals surface area contributed by atoms with Crippen LogP contribution in [0.4, 0.5) is 14.9 Å². The highest BCUT2D eigenvalue weighted by Gasteiger charge is 2.40. The molecule has 21 heavy (non-hydrogen) atoms. The molecule has 0 saturated heterocycles. The van der Waals surface area contributed by atoms with Gasteiger partial charge in [-0.1, -0.05) is 0 Å². The molecule has 0 radical (unpaired) electrons. The van der Waals surface area contributed by atoms with Gasteiger partial charge < -0.3 is 20.5 Å². The number of ether oxygens (including phenoxy) is 1. The monoisotopic (exact) mass is 296 g/mol. The number of aliphatic carboxylic acids is 1. The summed E-state index contributed by atoms with van der Waals surface area (Å²) in [4.78, 5) is 22.8. The van der Waals surface area contributed by atoms with E-state index in [1.807, 2.05) is 0 Å². The average Bonchev–Trinajstić information content (AvgIpc) is 2.37. The second kappa shape index (κ2) is 5.99. The molecule has 0 spiro atoms. The number of anilines is 1. The molecular weight excluding hydrogens is 279 g/mol. The molecule has 0 bridgehead atoms. The molecule has 114 valence electrons. The summed E-state index contributed by atoms with van der Waals surface area (Å²) >= 11 is 0. The predicted molar refractivity (Wildman–Crippen MR) is 73.9 cm³/mol. The van der Waals surface area contributed by atoms with Crippen LogP contribution in [0, 0.1) is 5.82 Å². The van der Waals surface area contributed by atoms with Crippen molar-refractivity contribution in [2.24, 2.45) is 0 Å². The zero-order chi connectivity index (χ0) is 15.5. The summed E-state index contributed by atoms with van der Waals surface area (Å²) in [6.07, 6.45) is 2.06. The van der Waals surface area contributed by atoms with Crippen molar-refractivity contribution < 1.29 is 23.8 Å². The number of carboxylic acid groups (broad SMARTS) is 1. The van der Waals surface area contributed by atoms with Gasteiger partial charge in [0, 0.05) is 11.8 Å². The van der Waals surface area contributed by atoms with Gasteiger partial charge in [-0.25, -0.2) is 9.18 Å². The third kappa shape index (κ3) is 3.62. The summed E-state index contributed by atoms with van der Waals surface area (Å²) in [6, 6.07) is 3.44. The first-order chi connectivity index (χ1) is 9.94. The minimum atomic E-state index is -0.946. The number of carbonyl (C=O) groups is 2. The van der Waals surface area contributed by atoms with Gasteiger partial charge in [0.15, 0.2) is 11.6 Å². The van der Waals surface area contributed by atoms with E-state index in [2.05, 4.69) is 10.6 Å². The van der Waals surface area contributed by atoms with E-state index in [9.17, 15) is 14.0 Å². The number of carboxylic acids is 1. The summed E-state index contributed by atoms with van der Waals surface area (Å²) in [5, 5.41) is 14.1. The second-order valence-electron chi connectivity index (χ2n) is 5.13. The van der Waals surface area contributed by atoms with Crippen molar-refractivity contribution in [2.45, 2.75) is 31.2 Å². The maximum Gasteiger partial charge on any atom is 0.319 e. The van der Waals surface area contributed by atoms with Crippen LogP contribution in [0.2, 0.25) is 0 Å². The van der Waals surface area contributed by atoms with E-state index < -0.39 is 23.4 Å². The SMILES string of the molecule is COc1cc(NC(=O)NC2(CC(=O)O)CCC2)ccc1F. The minimum absolute atomic E-state index is 0.0247. The smallest absolute Gasteiger partial charge is 0.319 e. The van der Waals surface area contributed by atoms with Crippen molar-refractivity contribution in [1.82, 2.24) is 5.32 Å². The third-order valence-electron chi connectivity index (χ3n) is 3.59. The van der Waals surface area contributed by atoms with Crippen LogP contribution in [-0.2, 0) is 4.79 Å². The summed E-state index contributed by atoms with van der Waals surface area (Å²) in [5.41, 5.74) is -0.310. The van der Waals surface area contributed by atoms with Gasteiger partial charge in [0.2, 0.25) is 0 Å². The zero-order valence-electron chi connectivity index (χ0n) is 11.6. The minimum Gasteiger partial charge on any atom is -0.494 e. The van der Waals surface area contributed by atoms with Crippen LogP contribution in [0.1, 0.15) is 25.7 Å². The van der Waals surface area contributed by atoms with E-state index in [1.54, 1.807) is 0 Å². The van der Waals surface area contributed by atoms with Crippen LogP contribution >= 0.6 is 0 Å². The summed E-state index contributed by atoms with van der Waals surface area (Å²) in [6.45, 7) is 0. The fraction of sp³-hybridized carbons (Fsp3) is 0.429. The van der Waals surface area contributed by atoms with Crippen LogP contribution in [0.5, 0.6) is 5.75 Å². The molecule has 7 heteroatoms. The number of carbonyl (C=O) groups excluding carboxylic acids is 1. The summed E-state index contributed by atoms with van der Waals surface area (Å²) in [7, 11) is 1.33. The van der Waals surface area contributed by atoms with Crippen LogP contribution in [-0.4, -0.2) is 29.8 Å². The van der Waals surface area contributed by atoms with Crippen molar-refractivity contribution in [2.75, 3.05) is 12.4 Å². The molecule has 0 aliphatic heterocycles. The first-order valence-corrected chi connectivity index (χ1v) is 6.59. The number of halogens is 1. The Balaban J connectivity index is 1.99. The molecule has 0 unspecified atom stereocenters. The first-order valence-electron chi connectivity index (χ1n) is 6.59. The van der Waals surface area contributed by atoms with Crippen molar-refractivity contribution in [3.05, 3.63) is 24.0 Å². The number of amides is 2. The molecule has 2 rings (SSSR count). The lowest BCUT2D eigenvalue weighted by atomic mass is 9.74. The lowest BCUT2D eigenvalue weighted by Crippen LogP contribution is -2.55. The molecule has 3 N–H and O–H groups in total. The van der Waals surface area contributed by atoms with Gasteiger partial charge in [-0.2, -0.15) is 0 Å². The zero-order valence-corrected chi connectivity index (χ0v) is 11.6. The lowest BCUT2D eigenvalue weighted by Gasteiger charge is -2.41. The second-order valence-corrected chi connectivity index (χ2v) is 5.13. The number of benzene rings is 1. The maximum atomic E-state index is 13.3. The van der Waals surface area contributed by atoms with Crippen molar-refractivity contribution in [1.29, 1.82) is 0 Å². The molecule has 1 aliphatic rings. The molecule has 1 aromatic rings. The highest BCUT2D eigenvalue weighted by Crippen LogP contribution is 2.35. The molecule has 1 aromatic carbocycles. The topological polar surface area (TPSA) is 87.7 Å². The Morgan fingerprint density at radius 3 is 2.67 bits per heavy atom. The highest BCUT2D eigenvalue weighted by atomic mass is 19.1. The number of methoxy groups -OCH3 is 1. The fourth-order valence-electron chi connectivity index (χ4n) is 2.38. The number of urea groups is 1. The van der Waals surface area contributed by atoms with Gasteiger partial charge >= 0.3 is 12.0 Å². The van der Waals surface area contributed by atoms with Gasteiger partial charge in [0.25, 0.3) is 0 Å².